The summed E-state index contributed by atoms with van der Waals surface area (Å²) in [5.74, 6) is -1.04. The van der Waals surface area contributed by atoms with Gasteiger partial charge < -0.3 is 14.4 Å². The van der Waals surface area contributed by atoms with Crippen molar-refractivity contribution in [3.8, 4) is 0 Å². The van der Waals surface area contributed by atoms with E-state index in [0.717, 1.165) is 36.2 Å². The number of anilines is 1. The molecule has 0 spiro atoms. The quantitative estimate of drug-likeness (QED) is 0.625. The molecule has 0 atom stereocenters. The van der Waals surface area contributed by atoms with Gasteiger partial charge in [0, 0.05) is 18.0 Å². The Balaban J connectivity index is 1.58. The lowest BCUT2D eigenvalue weighted by Gasteiger charge is -2.27. The molecule has 128 valence electrons. The van der Waals surface area contributed by atoms with Crippen molar-refractivity contribution in [3.05, 3.63) is 58.4 Å². The topological polar surface area (TPSA) is 51.1 Å². The Labute approximate surface area is 148 Å². The highest BCUT2D eigenvalue weighted by Crippen LogP contribution is 2.29. The maximum Gasteiger partial charge on any atom is 0.363 e. The molecule has 0 N–H and O–H groups in total. The predicted octanol–water partition coefficient (Wildman–Crippen LogP) is 3.07. The van der Waals surface area contributed by atoms with Crippen molar-refractivity contribution in [1.29, 1.82) is 0 Å². The number of rotatable bonds is 3. The molecule has 3 heterocycles. The lowest BCUT2D eigenvalue weighted by Crippen LogP contribution is -2.35. The number of thiophene rings is 1. The summed E-state index contributed by atoms with van der Waals surface area (Å²) in [5, 5.41) is 1.12. The SMILES string of the molecule is O=C1OC(c2ccccc2F)=N/C1=C/c1ccc(N2CCOCC2)s1. The van der Waals surface area contributed by atoms with Crippen LogP contribution in [-0.2, 0) is 14.3 Å². The van der Waals surface area contributed by atoms with Crippen LogP contribution in [0.3, 0.4) is 0 Å². The van der Waals surface area contributed by atoms with E-state index in [-0.39, 0.29) is 17.2 Å². The minimum atomic E-state index is -0.570. The van der Waals surface area contributed by atoms with Crippen LogP contribution in [0.15, 0.2) is 47.1 Å². The summed E-state index contributed by atoms with van der Waals surface area (Å²) in [6.07, 6.45) is 1.67. The summed E-state index contributed by atoms with van der Waals surface area (Å²) in [6, 6.07) is 10.0. The highest BCUT2D eigenvalue weighted by molar-refractivity contribution is 7.16. The fourth-order valence-corrected chi connectivity index (χ4v) is 3.66. The second-order valence-electron chi connectivity index (χ2n) is 5.59. The number of benzene rings is 1. The maximum atomic E-state index is 13.8. The van der Waals surface area contributed by atoms with Crippen molar-refractivity contribution < 1.29 is 18.7 Å². The van der Waals surface area contributed by atoms with Gasteiger partial charge >= 0.3 is 5.97 Å². The molecule has 0 unspecified atom stereocenters. The number of ether oxygens (including phenoxy) is 2. The van der Waals surface area contributed by atoms with Gasteiger partial charge in [-0.1, -0.05) is 12.1 Å². The summed E-state index contributed by atoms with van der Waals surface area (Å²) in [5.41, 5.74) is 0.355. The van der Waals surface area contributed by atoms with E-state index >= 15 is 0 Å². The van der Waals surface area contributed by atoms with Crippen LogP contribution in [0.1, 0.15) is 10.4 Å². The van der Waals surface area contributed by atoms with Gasteiger partial charge in [0.05, 0.1) is 23.8 Å². The van der Waals surface area contributed by atoms with Crippen LogP contribution in [-0.4, -0.2) is 38.2 Å². The number of hydrogen-bond donors (Lipinski definition) is 0. The molecule has 0 bridgehead atoms. The molecule has 25 heavy (non-hydrogen) atoms. The van der Waals surface area contributed by atoms with Crippen LogP contribution in [0, 0.1) is 5.82 Å². The van der Waals surface area contributed by atoms with E-state index in [9.17, 15) is 9.18 Å². The third kappa shape index (κ3) is 3.33. The zero-order chi connectivity index (χ0) is 17.2. The third-order valence-corrected chi connectivity index (χ3v) is 5.03. The molecular formula is C18H15FN2O3S. The Kier molecular flexibility index (Phi) is 4.33. The van der Waals surface area contributed by atoms with Crippen molar-refractivity contribution in [2.24, 2.45) is 4.99 Å². The zero-order valence-electron chi connectivity index (χ0n) is 13.3. The number of cyclic esters (lactones) is 1. The van der Waals surface area contributed by atoms with E-state index in [1.165, 1.54) is 12.1 Å². The minimum Gasteiger partial charge on any atom is -0.402 e. The summed E-state index contributed by atoms with van der Waals surface area (Å²) in [6.45, 7) is 3.15. The van der Waals surface area contributed by atoms with E-state index < -0.39 is 11.8 Å². The smallest absolute Gasteiger partial charge is 0.363 e. The van der Waals surface area contributed by atoms with Gasteiger partial charge in [-0.25, -0.2) is 14.2 Å². The van der Waals surface area contributed by atoms with Crippen LogP contribution in [0.25, 0.3) is 6.08 Å². The molecule has 1 fully saturated rings. The first kappa shape index (κ1) is 16.0. The normalized spacial score (nSPS) is 19.2. The number of aliphatic imine (C=N–C) groups is 1. The lowest BCUT2D eigenvalue weighted by molar-refractivity contribution is -0.129. The summed E-state index contributed by atoms with van der Waals surface area (Å²) in [4.78, 5) is 19.3. The van der Waals surface area contributed by atoms with Gasteiger partial charge in [0.25, 0.3) is 0 Å². The van der Waals surface area contributed by atoms with Gasteiger partial charge in [-0.15, -0.1) is 11.3 Å². The van der Waals surface area contributed by atoms with Gasteiger partial charge in [0.1, 0.15) is 5.82 Å². The molecule has 0 amide bonds. The van der Waals surface area contributed by atoms with Crippen molar-refractivity contribution in [2.45, 2.75) is 0 Å². The molecular weight excluding hydrogens is 343 g/mol. The monoisotopic (exact) mass is 358 g/mol. The van der Waals surface area contributed by atoms with Crippen molar-refractivity contribution >= 4 is 34.3 Å². The average molecular weight is 358 g/mol. The van der Waals surface area contributed by atoms with Crippen molar-refractivity contribution in [3.63, 3.8) is 0 Å². The molecule has 1 aromatic heterocycles. The number of nitrogens with zero attached hydrogens (tertiary/aromatic N) is 2. The highest BCUT2D eigenvalue weighted by Gasteiger charge is 2.26. The Morgan fingerprint density at radius 2 is 1.96 bits per heavy atom. The van der Waals surface area contributed by atoms with Crippen molar-refractivity contribution in [2.75, 3.05) is 31.2 Å². The first-order chi connectivity index (χ1) is 12.2. The Hall–Kier alpha value is -2.51. The molecule has 2 aromatic rings. The fourth-order valence-electron chi connectivity index (χ4n) is 2.67. The molecule has 0 aliphatic carbocycles. The minimum absolute atomic E-state index is 0.000640. The Morgan fingerprint density at radius 1 is 1.16 bits per heavy atom. The molecule has 2 aliphatic heterocycles. The lowest BCUT2D eigenvalue weighted by atomic mass is 10.2. The van der Waals surface area contributed by atoms with Gasteiger partial charge in [0.2, 0.25) is 5.90 Å². The highest BCUT2D eigenvalue weighted by atomic mass is 32.1. The second kappa shape index (κ2) is 6.78. The molecule has 1 saturated heterocycles. The van der Waals surface area contributed by atoms with Crippen molar-refractivity contribution in [1.82, 2.24) is 0 Å². The molecule has 7 heteroatoms. The molecule has 4 rings (SSSR count). The van der Waals surface area contributed by atoms with Gasteiger partial charge in [-0.05, 0) is 30.3 Å². The third-order valence-electron chi connectivity index (χ3n) is 3.94. The first-order valence-electron chi connectivity index (χ1n) is 7.91. The average Bonchev–Trinajstić information content (AvgIpc) is 3.24. The Bertz CT molecular complexity index is 869. The fraction of sp³-hybridized carbons (Fsp3) is 0.222. The summed E-state index contributed by atoms with van der Waals surface area (Å²) in [7, 11) is 0. The summed E-state index contributed by atoms with van der Waals surface area (Å²) >= 11 is 1.57. The van der Waals surface area contributed by atoms with E-state index in [2.05, 4.69) is 9.89 Å². The predicted molar refractivity (Wildman–Crippen MR) is 94.4 cm³/mol. The zero-order valence-corrected chi connectivity index (χ0v) is 14.1. The van der Waals surface area contributed by atoms with E-state index in [1.54, 1.807) is 29.5 Å². The number of carbonyl (C=O) groups excluding carboxylic acids is 1. The number of hydrogen-bond acceptors (Lipinski definition) is 6. The van der Waals surface area contributed by atoms with Crippen LogP contribution in [0.5, 0.6) is 0 Å². The Morgan fingerprint density at radius 3 is 2.76 bits per heavy atom. The summed E-state index contributed by atoms with van der Waals surface area (Å²) < 4.78 is 24.3. The van der Waals surface area contributed by atoms with E-state index in [4.69, 9.17) is 9.47 Å². The molecule has 0 radical (unpaired) electrons. The first-order valence-corrected chi connectivity index (χ1v) is 8.72. The number of carbonyl (C=O) groups is 1. The van der Waals surface area contributed by atoms with Gasteiger partial charge in [-0.3, -0.25) is 0 Å². The molecule has 2 aliphatic rings. The van der Waals surface area contributed by atoms with Crippen LogP contribution >= 0.6 is 11.3 Å². The molecule has 0 saturated carbocycles. The standard InChI is InChI=1S/C18H15FN2O3S/c19-14-4-2-1-3-13(14)17-20-15(18(22)24-17)11-12-5-6-16(25-12)21-7-9-23-10-8-21/h1-6,11H,7-10H2/b15-11+. The maximum absolute atomic E-state index is 13.8. The number of morpholine rings is 1. The molecule has 1 aromatic carbocycles. The van der Waals surface area contributed by atoms with Crippen LogP contribution in [0.4, 0.5) is 9.39 Å². The molecule has 5 nitrogen and oxygen atoms in total. The number of esters is 1. The second-order valence-corrected chi connectivity index (χ2v) is 6.69. The van der Waals surface area contributed by atoms with Crippen LogP contribution in [0.2, 0.25) is 0 Å². The van der Waals surface area contributed by atoms with E-state index in [1.807, 2.05) is 12.1 Å². The number of halogens is 1. The van der Waals surface area contributed by atoms with Gasteiger partial charge in [-0.2, -0.15) is 0 Å². The van der Waals surface area contributed by atoms with Crippen LogP contribution < -0.4 is 4.90 Å². The van der Waals surface area contributed by atoms with E-state index in [0.29, 0.717) is 0 Å². The van der Waals surface area contributed by atoms with Gasteiger partial charge in [0.15, 0.2) is 5.70 Å². The largest absolute Gasteiger partial charge is 0.402 e.